The average Bonchev–Trinajstić information content (AvgIpc) is 2.14. The number of Topliss-reactive ketones (excluding diaryl/α,β-unsaturated/α-hetero) is 1. The molecule has 0 heterocycles. The highest BCUT2D eigenvalue weighted by Crippen LogP contribution is 2.28. The van der Waals surface area contributed by atoms with Gasteiger partial charge in [-0.3, -0.25) is 4.79 Å². The molecule has 6 heteroatoms. The van der Waals surface area contributed by atoms with Gasteiger partial charge in [0.25, 0.3) is 0 Å². The molecular formula is C11H10ClF3O2. The summed E-state index contributed by atoms with van der Waals surface area (Å²) in [5, 5.41) is 0. The molecule has 0 aliphatic rings. The van der Waals surface area contributed by atoms with E-state index in [-0.39, 0.29) is 29.4 Å². The van der Waals surface area contributed by atoms with Crippen LogP contribution in [0.25, 0.3) is 0 Å². The van der Waals surface area contributed by atoms with E-state index in [1.807, 2.05) is 0 Å². The van der Waals surface area contributed by atoms with E-state index in [2.05, 4.69) is 4.74 Å². The number of benzene rings is 1. The first kappa shape index (κ1) is 13.8. The highest BCUT2D eigenvalue weighted by molar-refractivity contribution is 6.17. The van der Waals surface area contributed by atoms with E-state index in [1.54, 1.807) is 6.07 Å². The van der Waals surface area contributed by atoms with Crippen molar-refractivity contribution in [2.24, 2.45) is 0 Å². The summed E-state index contributed by atoms with van der Waals surface area (Å²) in [5.74, 6) is -0.584. The Morgan fingerprint density at radius 1 is 1.41 bits per heavy atom. The second-order valence-electron chi connectivity index (χ2n) is 3.50. The molecule has 0 aliphatic carbocycles. The van der Waals surface area contributed by atoms with Gasteiger partial charge in [0.05, 0.1) is 5.88 Å². The molecule has 0 radical (unpaired) electrons. The third-order valence-corrected chi connectivity index (χ3v) is 2.24. The van der Waals surface area contributed by atoms with Crippen molar-refractivity contribution in [2.75, 3.05) is 0 Å². The summed E-state index contributed by atoms with van der Waals surface area (Å²) in [6.07, 6.45) is -4.70. The molecule has 1 aromatic rings. The summed E-state index contributed by atoms with van der Waals surface area (Å²) >= 11 is 5.50. The van der Waals surface area contributed by atoms with Gasteiger partial charge in [0.1, 0.15) is 11.5 Å². The van der Waals surface area contributed by atoms with Gasteiger partial charge in [0, 0.05) is 12.0 Å². The molecular weight excluding hydrogens is 257 g/mol. The predicted octanol–water partition coefficient (Wildman–Crippen LogP) is 3.46. The number of alkyl halides is 4. The highest BCUT2D eigenvalue weighted by Gasteiger charge is 2.32. The van der Waals surface area contributed by atoms with Gasteiger partial charge >= 0.3 is 6.36 Å². The first-order valence-corrected chi connectivity index (χ1v) is 5.28. The molecule has 94 valence electrons. The van der Waals surface area contributed by atoms with Crippen molar-refractivity contribution in [3.05, 3.63) is 29.3 Å². The summed E-state index contributed by atoms with van der Waals surface area (Å²) in [7, 11) is 0. The van der Waals surface area contributed by atoms with Gasteiger partial charge in [-0.1, -0.05) is 12.1 Å². The zero-order valence-electron chi connectivity index (χ0n) is 8.97. The highest BCUT2D eigenvalue weighted by atomic mass is 35.5. The Morgan fingerprint density at radius 3 is 2.53 bits per heavy atom. The Hall–Kier alpha value is -1.23. The van der Waals surface area contributed by atoms with Crippen LogP contribution in [-0.2, 0) is 17.1 Å². The standard InChI is InChI=1S/C11H10ClF3O2/c1-7(16)4-8-2-3-9(6-12)10(5-8)17-11(13,14)15/h2-3,5H,4,6H2,1H3. The van der Waals surface area contributed by atoms with Gasteiger partial charge in [-0.15, -0.1) is 24.8 Å². The molecule has 0 spiro atoms. The van der Waals surface area contributed by atoms with Crippen LogP contribution in [0.3, 0.4) is 0 Å². The lowest BCUT2D eigenvalue weighted by atomic mass is 10.1. The molecule has 17 heavy (non-hydrogen) atoms. The number of ketones is 1. The normalized spacial score (nSPS) is 11.4. The van der Waals surface area contributed by atoms with Gasteiger partial charge in [0.15, 0.2) is 0 Å². The van der Waals surface area contributed by atoms with Crippen molar-refractivity contribution in [1.82, 2.24) is 0 Å². The number of carbonyl (C=O) groups excluding carboxylic acids is 1. The van der Waals surface area contributed by atoms with Gasteiger partial charge in [-0.05, 0) is 18.6 Å². The van der Waals surface area contributed by atoms with Crippen molar-refractivity contribution in [3.8, 4) is 5.75 Å². The van der Waals surface area contributed by atoms with Crippen LogP contribution in [0.4, 0.5) is 13.2 Å². The number of rotatable bonds is 4. The fourth-order valence-corrected chi connectivity index (χ4v) is 1.55. The third-order valence-electron chi connectivity index (χ3n) is 1.95. The maximum Gasteiger partial charge on any atom is 0.573 e. The Morgan fingerprint density at radius 2 is 2.06 bits per heavy atom. The molecule has 0 atom stereocenters. The van der Waals surface area contributed by atoms with Crippen LogP contribution in [0, 0.1) is 0 Å². The zero-order valence-corrected chi connectivity index (χ0v) is 9.73. The van der Waals surface area contributed by atoms with Crippen LogP contribution in [0.2, 0.25) is 0 Å². The van der Waals surface area contributed by atoms with E-state index in [0.29, 0.717) is 5.56 Å². The fraction of sp³-hybridized carbons (Fsp3) is 0.364. The molecule has 1 rings (SSSR count). The van der Waals surface area contributed by atoms with Crippen LogP contribution >= 0.6 is 11.6 Å². The SMILES string of the molecule is CC(=O)Cc1ccc(CCl)c(OC(F)(F)F)c1. The minimum atomic E-state index is -4.77. The van der Waals surface area contributed by atoms with Gasteiger partial charge in [0.2, 0.25) is 0 Å². The van der Waals surface area contributed by atoms with Crippen LogP contribution in [-0.4, -0.2) is 12.1 Å². The van der Waals surface area contributed by atoms with Gasteiger partial charge < -0.3 is 4.74 Å². The molecule has 0 N–H and O–H groups in total. The lowest BCUT2D eigenvalue weighted by molar-refractivity contribution is -0.274. The number of ether oxygens (including phenoxy) is 1. The molecule has 0 saturated carbocycles. The summed E-state index contributed by atoms with van der Waals surface area (Å²) in [6, 6.07) is 4.17. The average molecular weight is 267 g/mol. The smallest absolute Gasteiger partial charge is 0.405 e. The fourth-order valence-electron chi connectivity index (χ4n) is 1.33. The Kier molecular flexibility index (Phi) is 4.40. The molecule has 0 fully saturated rings. The minimum absolute atomic E-state index is 0.0663. The summed E-state index contributed by atoms with van der Waals surface area (Å²) < 4.78 is 40.2. The molecule has 1 aromatic carbocycles. The largest absolute Gasteiger partial charge is 0.573 e. The lowest BCUT2D eigenvalue weighted by Crippen LogP contribution is -2.18. The van der Waals surface area contributed by atoms with E-state index in [0.717, 1.165) is 0 Å². The van der Waals surface area contributed by atoms with Crippen molar-refractivity contribution >= 4 is 17.4 Å². The lowest BCUT2D eigenvalue weighted by Gasteiger charge is -2.13. The van der Waals surface area contributed by atoms with E-state index in [1.165, 1.54) is 19.1 Å². The van der Waals surface area contributed by atoms with E-state index in [4.69, 9.17) is 11.6 Å². The Balaban J connectivity index is 3.02. The Labute approximate surface area is 101 Å². The Bertz CT molecular complexity index is 416. The molecule has 0 aliphatic heterocycles. The molecule has 0 amide bonds. The molecule has 0 bridgehead atoms. The second kappa shape index (κ2) is 5.40. The first-order chi connectivity index (χ1) is 7.81. The summed E-state index contributed by atoms with van der Waals surface area (Å²) in [4.78, 5) is 10.9. The molecule has 0 unspecified atom stereocenters. The van der Waals surface area contributed by atoms with Crippen molar-refractivity contribution in [1.29, 1.82) is 0 Å². The van der Waals surface area contributed by atoms with E-state index >= 15 is 0 Å². The number of hydrogen-bond donors (Lipinski definition) is 0. The predicted molar refractivity (Wildman–Crippen MR) is 57.1 cm³/mol. The van der Waals surface area contributed by atoms with Crippen molar-refractivity contribution in [2.45, 2.75) is 25.6 Å². The van der Waals surface area contributed by atoms with E-state index < -0.39 is 6.36 Å². The van der Waals surface area contributed by atoms with Crippen LogP contribution in [0.5, 0.6) is 5.75 Å². The van der Waals surface area contributed by atoms with Crippen LogP contribution in [0.1, 0.15) is 18.1 Å². The number of carbonyl (C=O) groups is 1. The van der Waals surface area contributed by atoms with Crippen molar-refractivity contribution < 1.29 is 22.7 Å². The second-order valence-corrected chi connectivity index (χ2v) is 3.77. The van der Waals surface area contributed by atoms with Crippen LogP contribution in [0.15, 0.2) is 18.2 Å². The molecule has 0 saturated heterocycles. The van der Waals surface area contributed by atoms with Crippen LogP contribution < -0.4 is 4.74 Å². The monoisotopic (exact) mass is 266 g/mol. The maximum absolute atomic E-state index is 12.1. The van der Waals surface area contributed by atoms with Crippen molar-refractivity contribution in [3.63, 3.8) is 0 Å². The number of halogens is 4. The third kappa shape index (κ3) is 4.65. The van der Waals surface area contributed by atoms with Gasteiger partial charge in [-0.25, -0.2) is 0 Å². The minimum Gasteiger partial charge on any atom is -0.405 e. The number of hydrogen-bond acceptors (Lipinski definition) is 2. The zero-order chi connectivity index (χ0) is 13.1. The maximum atomic E-state index is 12.1. The molecule has 2 nitrogen and oxygen atoms in total. The molecule has 0 aromatic heterocycles. The quantitative estimate of drug-likeness (QED) is 0.780. The topological polar surface area (TPSA) is 26.3 Å². The van der Waals surface area contributed by atoms with Gasteiger partial charge in [-0.2, -0.15) is 0 Å². The van der Waals surface area contributed by atoms with E-state index in [9.17, 15) is 18.0 Å². The summed E-state index contributed by atoms with van der Waals surface area (Å²) in [6.45, 7) is 1.36. The first-order valence-electron chi connectivity index (χ1n) is 4.75. The summed E-state index contributed by atoms with van der Waals surface area (Å²) in [5.41, 5.74) is 0.696.